The first-order chi connectivity index (χ1) is 18.9. The normalized spacial score (nSPS) is 16.2. The van der Waals surface area contributed by atoms with Crippen LogP contribution in [0.3, 0.4) is 0 Å². The van der Waals surface area contributed by atoms with E-state index in [2.05, 4.69) is 6.07 Å². The fourth-order valence-electron chi connectivity index (χ4n) is 5.26. The van der Waals surface area contributed by atoms with Crippen molar-refractivity contribution in [3.63, 3.8) is 0 Å². The molecule has 10 heteroatoms. The number of ether oxygens (including phenoxy) is 2. The topological polar surface area (TPSA) is 116 Å². The van der Waals surface area contributed by atoms with E-state index >= 15 is 0 Å². The fraction of sp³-hybridized carbons (Fsp3) is 0.172. The van der Waals surface area contributed by atoms with Gasteiger partial charge in [-0.2, -0.15) is 0 Å². The third-order valence-corrected chi connectivity index (χ3v) is 8.10. The van der Waals surface area contributed by atoms with Crippen LogP contribution in [-0.2, 0) is 6.42 Å². The van der Waals surface area contributed by atoms with Gasteiger partial charge in [0, 0.05) is 28.8 Å². The SMILES string of the molecule is COc1ccc(OC)c([C@H]2C3=C(N=c4sc(=Cc5cc([N+](=O)[O-])ccc5O)c(=O)n42)c2ccccc2CC3)c1. The van der Waals surface area contributed by atoms with Crippen LogP contribution in [0.1, 0.15) is 34.7 Å². The highest BCUT2D eigenvalue weighted by Gasteiger charge is 2.34. The van der Waals surface area contributed by atoms with Crippen LogP contribution in [-0.4, -0.2) is 28.8 Å². The summed E-state index contributed by atoms with van der Waals surface area (Å²) in [6.45, 7) is 0. The zero-order valence-corrected chi connectivity index (χ0v) is 21.9. The zero-order chi connectivity index (χ0) is 27.3. The lowest BCUT2D eigenvalue weighted by atomic mass is 9.83. The number of benzene rings is 3. The average molecular weight is 542 g/mol. The molecule has 2 aliphatic rings. The van der Waals surface area contributed by atoms with Gasteiger partial charge in [0.05, 0.1) is 35.4 Å². The summed E-state index contributed by atoms with van der Waals surface area (Å²) in [5, 5.41) is 21.7. The van der Waals surface area contributed by atoms with Gasteiger partial charge < -0.3 is 14.6 Å². The number of hydrogen-bond donors (Lipinski definition) is 1. The smallest absolute Gasteiger partial charge is 0.271 e. The molecule has 1 atom stereocenters. The molecule has 9 nitrogen and oxygen atoms in total. The molecule has 0 saturated heterocycles. The second-order valence-corrected chi connectivity index (χ2v) is 10.2. The summed E-state index contributed by atoms with van der Waals surface area (Å²) >= 11 is 1.17. The van der Waals surface area contributed by atoms with Crippen molar-refractivity contribution in [2.75, 3.05) is 14.2 Å². The Labute approximate surface area is 226 Å². The number of aryl methyl sites for hydroxylation is 1. The predicted octanol–water partition coefficient (Wildman–Crippen LogP) is 3.95. The van der Waals surface area contributed by atoms with Crippen LogP contribution >= 0.6 is 11.3 Å². The van der Waals surface area contributed by atoms with Gasteiger partial charge in [-0.05, 0) is 54.3 Å². The van der Waals surface area contributed by atoms with Gasteiger partial charge in [-0.1, -0.05) is 35.6 Å². The second kappa shape index (κ2) is 9.55. The van der Waals surface area contributed by atoms with Crippen molar-refractivity contribution in [2.24, 2.45) is 4.99 Å². The molecule has 1 aliphatic heterocycles. The van der Waals surface area contributed by atoms with Crippen molar-refractivity contribution in [3.05, 3.63) is 118 Å². The van der Waals surface area contributed by atoms with E-state index in [0.717, 1.165) is 28.8 Å². The van der Waals surface area contributed by atoms with E-state index in [1.165, 1.54) is 41.2 Å². The van der Waals surface area contributed by atoms with Crippen molar-refractivity contribution < 1.29 is 19.5 Å². The Morgan fingerprint density at radius 3 is 2.69 bits per heavy atom. The van der Waals surface area contributed by atoms with Gasteiger partial charge in [0.15, 0.2) is 4.80 Å². The molecule has 39 heavy (non-hydrogen) atoms. The number of rotatable bonds is 5. The Hall–Kier alpha value is -4.70. The molecular formula is C29H23N3O6S. The number of hydrogen-bond acceptors (Lipinski definition) is 8. The zero-order valence-electron chi connectivity index (χ0n) is 21.1. The first-order valence-electron chi connectivity index (χ1n) is 12.2. The first-order valence-corrected chi connectivity index (χ1v) is 13.0. The van der Waals surface area contributed by atoms with Crippen molar-refractivity contribution in [3.8, 4) is 17.2 Å². The van der Waals surface area contributed by atoms with E-state index in [0.29, 0.717) is 27.3 Å². The molecule has 6 rings (SSSR count). The Kier molecular flexibility index (Phi) is 6.03. The number of aromatic hydroxyl groups is 1. The summed E-state index contributed by atoms with van der Waals surface area (Å²) in [5.41, 5.74) is 4.50. The van der Waals surface area contributed by atoms with Gasteiger partial charge in [0.2, 0.25) is 0 Å². The van der Waals surface area contributed by atoms with E-state index in [1.54, 1.807) is 18.8 Å². The van der Waals surface area contributed by atoms with Crippen molar-refractivity contribution >= 4 is 28.8 Å². The maximum Gasteiger partial charge on any atom is 0.271 e. The highest BCUT2D eigenvalue weighted by atomic mass is 32.1. The highest BCUT2D eigenvalue weighted by molar-refractivity contribution is 7.07. The number of thiazole rings is 1. The fourth-order valence-corrected chi connectivity index (χ4v) is 6.26. The molecule has 0 fully saturated rings. The number of methoxy groups -OCH3 is 2. The number of phenolic OH excluding ortho intramolecular Hbond substituents is 1. The van der Waals surface area contributed by atoms with Gasteiger partial charge in [-0.15, -0.1) is 0 Å². The Balaban J connectivity index is 1.65. The van der Waals surface area contributed by atoms with Crippen molar-refractivity contribution in [1.82, 2.24) is 4.57 Å². The third-order valence-electron chi connectivity index (χ3n) is 7.11. The molecule has 2 heterocycles. The summed E-state index contributed by atoms with van der Waals surface area (Å²) in [4.78, 5) is 30.2. The lowest BCUT2D eigenvalue weighted by Crippen LogP contribution is -2.39. The summed E-state index contributed by atoms with van der Waals surface area (Å²) in [7, 11) is 3.18. The first kappa shape index (κ1) is 24.6. The lowest BCUT2D eigenvalue weighted by molar-refractivity contribution is -0.384. The third kappa shape index (κ3) is 4.09. The van der Waals surface area contributed by atoms with E-state index < -0.39 is 11.0 Å². The minimum Gasteiger partial charge on any atom is -0.507 e. The van der Waals surface area contributed by atoms with Gasteiger partial charge in [0.1, 0.15) is 17.2 Å². The van der Waals surface area contributed by atoms with Gasteiger partial charge in [0.25, 0.3) is 11.2 Å². The number of phenols is 1. The maximum atomic E-state index is 14.0. The van der Waals surface area contributed by atoms with Crippen LogP contribution in [0.5, 0.6) is 17.2 Å². The van der Waals surface area contributed by atoms with E-state index in [-0.39, 0.29) is 22.6 Å². The standard InChI is InChI=1S/C29H23N3O6S/c1-37-19-9-12-24(38-2)22(15-19)27-21-10-7-16-5-3-4-6-20(16)26(21)30-29-31(27)28(34)25(39-29)14-17-13-18(32(35)36)8-11-23(17)33/h3-6,8-9,11-15,27,33H,7,10H2,1-2H3/t27-/m1/s1. The molecule has 196 valence electrons. The number of nitrogens with zero attached hydrogens (tertiary/aromatic N) is 3. The average Bonchev–Trinajstić information content (AvgIpc) is 3.26. The Bertz CT molecular complexity index is 1870. The largest absolute Gasteiger partial charge is 0.507 e. The van der Waals surface area contributed by atoms with Crippen LogP contribution in [0.4, 0.5) is 5.69 Å². The quantitative estimate of drug-likeness (QED) is 0.302. The monoisotopic (exact) mass is 541 g/mol. The summed E-state index contributed by atoms with van der Waals surface area (Å²) in [5.74, 6) is 1.08. The predicted molar refractivity (Wildman–Crippen MR) is 147 cm³/mol. The minimum atomic E-state index is -0.543. The number of non-ortho nitro benzene ring substituents is 1. The molecule has 0 amide bonds. The van der Waals surface area contributed by atoms with Crippen molar-refractivity contribution in [2.45, 2.75) is 18.9 Å². The molecule has 3 aromatic carbocycles. The van der Waals surface area contributed by atoms with Gasteiger partial charge >= 0.3 is 0 Å². The Morgan fingerprint density at radius 1 is 1.10 bits per heavy atom. The number of fused-ring (bicyclic) bond motifs is 3. The molecule has 1 N–H and O–H groups in total. The Morgan fingerprint density at radius 2 is 1.92 bits per heavy atom. The molecular weight excluding hydrogens is 518 g/mol. The van der Waals surface area contributed by atoms with Gasteiger partial charge in [-0.25, -0.2) is 4.99 Å². The van der Waals surface area contributed by atoms with Crippen LogP contribution in [0.15, 0.2) is 76.0 Å². The second-order valence-electron chi connectivity index (χ2n) is 9.22. The van der Waals surface area contributed by atoms with Gasteiger partial charge in [-0.3, -0.25) is 19.5 Å². The summed E-state index contributed by atoms with van der Waals surface area (Å²) in [6, 6.07) is 16.8. The molecule has 0 spiro atoms. The molecule has 1 aliphatic carbocycles. The molecule has 0 saturated carbocycles. The van der Waals surface area contributed by atoms with E-state index in [9.17, 15) is 20.0 Å². The molecule has 1 aromatic heterocycles. The lowest BCUT2D eigenvalue weighted by Gasteiger charge is -2.31. The number of nitro benzene ring substituents is 1. The maximum absolute atomic E-state index is 14.0. The van der Waals surface area contributed by atoms with Crippen LogP contribution in [0, 0.1) is 10.1 Å². The number of allylic oxidation sites excluding steroid dienone is 1. The molecule has 0 unspecified atom stereocenters. The molecule has 0 radical (unpaired) electrons. The van der Waals surface area contributed by atoms with E-state index in [4.69, 9.17) is 14.5 Å². The molecule has 4 aromatic rings. The summed E-state index contributed by atoms with van der Waals surface area (Å²) < 4.78 is 13.2. The van der Waals surface area contributed by atoms with E-state index in [1.807, 2.05) is 36.4 Å². The van der Waals surface area contributed by atoms with Crippen LogP contribution in [0.25, 0.3) is 11.8 Å². The number of aromatic nitrogens is 1. The molecule has 0 bridgehead atoms. The number of nitro groups is 1. The van der Waals surface area contributed by atoms with Crippen LogP contribution in [0.2, 0.25) is 0 Å². The summed E-state index contributed by atoms with van der Waals surface area (Å²) in [6.07, 6.45) is 2.98. The van der Waals surface area contributed by atoms with Crippen LogP contribution < -0.4 is 24.4 Å². The highest BCUT2D eigenvalue weighted by Crippen LogP contribution is 2.44. The van der Waals surface area contributed by atoms with Crippen molar-refractivity contribution in [1.29, 1.82) is 0 Å². The minimum absolute atomic E-state index is 0.161.